The summed E-state index contributed by atoms with van der Waals surface area (Å²) in [5.74, 6) is 2.35. The van der Waals surface area contributed by atoms with Gasteiger partial charge in [0.2, 0.25) is 0 Å². The van der Waals surface area contributed by atoms with Crippen LogP contribution in [0, 0.1) is 5.92 Å². The van der Waals surface area contributed by atoms with Gasteiger partial charge in [-0.3, -0.25) is 0 Å². The molecule has 0 fully saturated rings. The molecule has 1 aromatic heterocycles. The van der Waals surface area contributed by atoms with Crippen molar-refractivity contribution in [1.82, 2.24) is 4.98 Å². The lowest BCUT2D eigenvalue weighted by atomic mass is 10.1. The van der Waals surface area contributed by atoms with E-state index in [2.05, 4.69) is 31.1 Å². The van der Waals surface area contributed by atoms with Gasteiger partial charge in [0.15, 0.2) is 11.6 Å². The predicted octanol–water partition coefficient (Wildman–Crippen LogP) is 3.72. The first-order valence-corrected chi connectivity index (χ1v) is 6.37. The highest BCUT2D eigenvalue weighted by Gasteiger charge is 2.10. The second-order valence-corrected chi connectivity index (χ2v) is 5.19. The molecule has 0 aliphatic heterocycles. The lowest BCUT2D eigenvalue weighted by Gasteiger charge is -2.19. The number of anilines is 1. The summed E-state index contributed by atoms with van der Waals surface area (Å²) < 4.78 is 5.73. The standard InChI is InChI=1S/C14H24N2O/c1-10(2)9-12(5)16-14-13(17-11(3)4)7-6-8-15-14/h6-8,10-12H,9H2,1-5H3,(H,15,16). The SMILES string of the molecule is CC(C)CC(C)Nc1ncccc1OC(C)C. The van der Waals surface area contributed by atoms with Crippen LogP contribution in [0.3, 0.4) is 0 Å². The third-order valence-corrected chi connectivity index (χ3v) is 2.34. The Bertz CT molecular complexity index is 337. The molecule has 1 atom stereocenters. The van der Waals surface area contributed by atoms with Crippen LogP contribution >= 0.6 is 0 Å². The molecule has 1 N–H and O–H groups in total. The molecule has 0 aliphatic carbocycles. The zero-order valence-corrected chi connectivity index (χ0v) is 11.5. The maximum absolute atomic E-state index is 5.73. The summed E-state index contributed by atoms with van der Waals surface area (Å²) in [5.41, 5.74) is 0. The topological polar surface area (TPSA) is 34.2 Å². The number of rotatable bonds is 6. The van der Waals surface area contributed by atoms with Gasteiger partial charge in [-0.1, -0.05) is 13.8 Å². The van der Waals surface area contributed by atoms with Crippen molar-refractivity contribution in [2.45, 2.75) is 53.2 Å². The van der Waals surface area contributed by atoms with E-state index < -0.39 is 0 Å². The molecule has 3 heteroatoms. The van der Waals surface area contributed by atoms with E-state index in [9.17, 15) is 0 Å². The molecule has 0 amide bonds. The summed E-state index contributed by atoms with van der Waals surface area (Å²) in [6.07, 6.45) is 3.08. The van der Waals surface area contributed by atoms with Gasteiger partial charge in [0.05, 0.1) is 6.10 Å². The molecule has 0 radical (unpaired) electrons. The van der Waals surface area contributed by atoms with Gasteiger partial charge >= 0.3 is 0 Å². The average molecular weight is 236 g/mol. The van der Waals surface area contributed by atoms with Crippen molar-refractivity contribution in [3.8, 4) is 5.75 Å². The summed E-state index contributed by atoms with van der Waals surface area (Å²) in [4.78, 5) is 4.34. The van der Waals surface area contributed by atoms with E-state index in [1.54, 1.807) is 6.20 Å². The molecule has 1 unspecified atom stereocenters. The molecular weight excluding hydrogens is 212 g/mol. The number of hydrogen-bond acceptors (Lipinski definition) is 3. The van der Waals surface area contributed by atoms with Crippen LogP contribution in [0.15, 0.2) is 18.3 Å². The lowest BCUT2D eigenvalue weighted by molar-refractivity contribution is 0.242. The minimum absolute atomic E-state index is 0.167. The van der Waals surface area contributed by atoms with Crippen LogP contribution in [0.5, 0.6) is 5.75 Å². The molecule has 0 aromatic carbocycles. The first kappa shape index (κ1) is 13.8. The van der Waals surface area contributed by atoms with Crippen molar-refractivity contribution < 1.29 is 4.74 Å². The van der Waals surface area contributed by atoms with E-state index in [-0.39, 0.29) is 6.10 Å². The first-order chi connectivity index (χ1) is 7.99. The normalized spacial score (nSPS) is 12.9. The van der Waals surface area contributed by atoms with E-state index in [0.29, 0.717) is 12.0 Å². The number of nitrogens with zero attached hydrogens (tertiary/aromatic N) is 1. The Hall–Kier alpha value is -1.25. The molecule has 0 saturated carbocycles. The molecule has 0 saturated heterocycles. The van der Waals surface area contributed by atoms with Gasteiger partial charge in [-0.05, 0) is 45.2 Å². The molecule has 0 bridgehead atoms. The lowest BCUT2D eigenvalue weighted by Crippen LogP contribution is -2.19. The van der Waals surface area contributed by atoms with Crippen molar-refractivity contribution >= 4 is 5.82 Å². The zero-order chi connectivity index (χ0) is 12.8. The van der Waals surface area contributed by atoms with E-state index in [4.69, 9.17) is 4.74 Å². The number of hydrogen-bond donors (Lipinski definition) is 1. The maximum atomic E-state index is 5.73. The van der Waals surface area contributed by atoms with E-state index >= 15 is 0 Å². The highest BCUT2D eigenvalue weighted by Crippen LogP contribution is 2.23. The van der Waals surface area contributed by atoms with Crippen LogP contribution in [0.4, 0.5) is 5.82 Å². The molecule has 1 heterocycles. The summed E-state index contributed by atoms with van der Waals surface area (Å²) in [6, 6.07) is 4.26. The van der Waals surface area contributed by atoms with Crippen LogP contribution in [0.1, 0.15) is 41.0 Å². The van der Waals surface area contributed by atoms with Crippen LogP contribution in [-0.2, 0) is 0 Å². The van der Waals surface area contributed by atoms with E-state index in [1.165, 1.54) is 0 Å². The molecule has 96 valence electrons. The summed E-state index contributed by atoms with van der Waals surface area (Å²) in [5, 5.41) is 3.41. The first-order valence-electron chi connectivity index (χ1n) is 6.37. The largest absolute Gasteiger partial charge is 0.487 e. The van der Waals surface area contributed by atoms with Crippen molar-refractivity contribution in [2.24, 2.45) is 5.92 Å². The average Bonchev–Trinajstić information content (AvgIpc) is 2.18. The molecular formula is C14H24N2O. The predicted molar refractivity (Wildman–Crippen MR) is 72.5 cm³/mol. The van der Waals surface area contributed by atoms with Gasteiger partial charge in [-0.25, -0.2) is 4.98 Å². The quantitative estimate of drug-likeness (QED) is 0.817. The Balaban J connectivity index is 2.69. The molecule has 0 spiro atoms. The third kappa shape index (κ3) is 5.07. The Kier molecular flexibility index (Phi) is 5.26. The maximum Gasteiger partial charge on any atom is 0.168 e. The highest BCUT2D eigenvalue weighted by atomic mass is 16.5. The molecule has 1 aromatic rings. The van der Waals surface area contributed by atoms with Gasteiger partial charge in [-0.2, -0.15) is 0 Å². The van der Waals surface area contributed by atoms with Gasteiger partial charge < -0.3 is 10.1 Å². The van der Waals surface area contributed by atoms with Gasteiger partial charge in [0, 0.05) is 12.2 Å². The van der Waals surface area contributed by atoms with Crippen LogP contribution < -0.4 is 10.1 Å². The fraction of sp³-hybridized carbons (Fsp3) is 0.643. The Morgan fingerprint density at radius 2 is 1.94 bits per heavy atom. The number of aromatic nitrogens is 1. The van der Waals surface area contributed by atoms with Crippen molar-refractivity contribution in [1.29, 1.82) is 0 Å². The minimum Gasteiger partial charge on any atom is -0.487 e. The second kappa shape index (κ2) is 6.48. The third-order valence-electron chi connectivity index (χ3n) is 2.34. The van der Waals surface area contributed by atoms with Crippen LogP contribution in [0.2, 0.25) is 0 Å². The number of nitrogens with one attached hydrogen (secondary N) is 1. The Morgan fingerprint density at radius 3 is 2.53 bits per heavy atom. The molecule has 0 aliphatic rings. The smallest absolute Gasteiger partial charge is 0.168 e. The fourth-order valence-corrected chi connectivity index (χ4v) is 1.85. The van der Waals surface area contributed by atoms with Gasteiger partial charge in [-0.15, -0.1) is 0 Å². The van der Waals surface area contributed by atoms with Crippen molar-refractivity contribution in [2.75, 3.05) is 5.32 Å². The summed E-state index contributed by atoms with van der Waals surface area (Å²) in [7, 11) is 0. The fourth-order valence-electron chi connectivity index (χ4n) is 1.85. The van der Waals surface area contributed by atoms with Gasteiger partial charge in [0.1, 0.15) is 0 Å². The zero-order valence-electron chi connectivity index (χ0n) is 11.5. The van der Waals surface area contributed by atoms with Crippen LogP contribution in [0.25, 0.3) is 0 Å². The number of ether oxygens (including phenoxy) is 1. The van der Waals surface area contributed by atoms with Gasteiger partial charge in [0.25, 0.3) is 0 Å². The Morgan fingerprint density at radius 1 is 1.24 bits per heavy atom. The van der Waals surface area contributed by atoms with Crippen molar-refractivity contribution in [3.63, 3.8) is 0 Å². The summed E-state index contributed by atoms with van der Waals surface area (Å²) in [6.45, 7) is 10.7. The summed E-state index contributed by atoms with van der Waals surface area (Å²) >= 11 is 0. The Labute approximate surface area is 105 Å². The highest BCUT2D eigenvalue weighted by molar-refractivity contribution is 5.50. The molecule has 3 nitrogen and oxygen atoms in total. The van der Waals surface area contributed by atoms with E-state index in [0.717, 1.165) is 18.0 Å². The monoisotopic (exact) mass is 236 g/mol. The van der Waals surface area contributed by atoms with Crippen LogP contribution in [-0.4, -0.2) is 17.1 Å². The molecule has 1 rings (SSSR count). The molecule has 17 heavy (non-hydrogen) atoms. The minimum atomic E-state index is 0.167. The second-order valence-electron chi connectivity index (χ2n) is 5.19. The van der Waals surface area contributed by atoms with Crippen molar-refractivity contribution in [3.05, 3.63) is 18.3 Å². The number of pyridine rings is 1. The van der Waals surface area contributed by atoms with E-state index in [1.807, 2.05) is 26.0 Å².